The van der Waals surface area contributed by atoms with Crippen molar-refractivity contribution >= 4 is 50.9 Å². The van der Waals surface area contributed by atoms with Crippen molar-refractivity contribution in [3.05, 3.63) is 18.2 Å². The van der Waals surface area contributed by atoms with Gasteiger partial charge < -0.3 is 10.4 Å². The number of aliphatic carboxylic acids is 1. The van der Waals surface area contributed by atoms with E-state index in [1.54, 1.807) is 29.2 Å². The molecule has 0 aliphatic heterocycles. The Morgan fingerprint density at radius 3 is 2.87 bits per heavy atom. The molecule has 0 unspecified atom stereocenters. The molecule has 124 valence electrons. The van der Waals surface area contributed by atoms with Crippen LogP contribution in [-0.4, -0.2) is 27.7 Å². The first kappa shape index (κ1) is 17.7. The number of carboxylic acid groups (broad SMARTS) is 1. The van der Waals surface area contributed by atoms with Gasteiger partial charge in [0.05, 0.1) is 16.6 Å². The second kappa shape index (κ2) is 8.88. The molecule has 2 rings (SSSR count). The average Bonchev–Trinajstić information content (AvgIpc) is 2.91. The van der Waals surface area contributed by atoms with Crippen LogP contribution in [0.3, 0.4) is 0 Å². The van der Waals surface area contributed by atoms with Crippen molar-refractivity contribution < 1.29 is 14.7 Å². The number of amides is 1. The highest BCUT2D eigenvalue weighted by atomic mass is 32.2. The predicted octanol–water partition coefficient (Wildman–Crippen LogP) is 4.38. The molecule has 0 aliphatic carbocycles. The summed E-state index contributed by atoms with van der Waals surface area (Å²) in [6.45, 7) is 2.19. The zero-order valence-electron chi connectivity index (χ0n) is 13.0. The fraction of sp³-hybridized carbons (Fsp3) is 0.438. The Balaban J connectivity index is 1.95. The zero-order valence-corrected chi connectivity index (χ0v) is 14.6. The molecule has 1 aromatic heterocycles. The SMILES string of the molecule is CCCCCSc1nc2ccc(NC(=O)CCC(=O)O)cc2s1. The number of carbonyl (C=O) groups excluding carboxylic acids is 1. The van der Waals surface area contributed by atoms with Gasteiger partial charge in [0.15, 0.2) is 4.34 Å². The van der Waals surface area contributed by atoms with Crippen molar-refractivity contribution in [1.82, 2.24) is 4.98 Å². The van der Waals surface area contributed by atoms with Crippen LogP contribution in [0.2, 0.25) is 0 Å². The van der Waals surface area contributed by atoms with Crippen molar-refractivity contribution in [2.75, 3.05) is 11.1 Å². The minimum atomic E-state index is -0.970. The number of thioether (sulfide) groups is 1. The van der Waals surface area contributed by atoms with E-state index in [-0.39, 0.29) is 18.7 Å². The normalized spacial score (nSPS) is 10.8. The highest BCUT2D eigenvalue weighted by molar-refractivity contribution is 8.01. The van der Waals surface area contributed by atoms with Crippen LogP contribution >= 0.6 is 23.1 Å². The maximum atomic E-state index is 11.7. The molecule has 2 aromatic rings. The van der Waals surface area contributed by atoms with Crippen LogP contribution < -0.4 is 5.32 Å². The van der Waals surface area contributed by atoms with E-state index >= 15 is 0 Å². The Kier molecular flexibility index (Phi) is 6.85. The molecule has 0 aliphatic rings. The highest BCUT2D eigenvalue weighted by Crippen LogP contribution is 2.31. The van der Waals surface area contributed by atoms with Crippen LogP contribution in [0, 0.1) is 0 Å². The number of aromatic nitrogens is 1. The minimum Gasteiger partial charge on any atom is -0.481 e. The third-order valence-electron chi connectivity index (χ3n) is 3.19. The zero-order chi connectivity index (χ0) is 16.7. The van der Waals surface area contributed by atoms with E-state index in [9.17, 15) is 9.59 Å². The molecule has 0 saturated heterocycles. The van der Waals surface area contributed by atoms with Gasteiger partial charge in [0.1, 0.15) is 0 Å². The quantitative estimate of drug-likeness (QED) is 0.517. The average molecular weight is 352 g/mol. The number of carbonyl (C=O) groups is 2. The highest BCUT2D eigenvalue weighted by Gasteiger charge is 2.08. The van der Waals surface area contributed by atoms with Crippen molar-refractivity contribution in [3.63, 3.8) is 0 Å². The molecule has 0 fully saturated rings. The molecule has 0 bridgehead atoms. The molecule has 5 nitrogen and oxygen atoms in total. The number of benzene rings is 1. The van der Waals surface area contributed by atoms with Gasteiger partial charge in [-0.2, -0.15) is 0 Å². The molecule has 1 amide bonds. The second-order valence-corrected chi connectivity index (χ2v) is 7.53. The smallest absolute Gasteiger partial charge is 0.303 e. The van der Waals surface area contributed by atoms with Crippen LogP contribution in [0.25, 0.3) is 10.2 Å². The van der Waals surface area contributed by atoms with Gasteiger partial charge in [0.25, 0.3) is 0 Å². The molecule has 23 heavy (non-hydrogen) atoms. The third kappa shape index (κ3) is 5.84. The van der Waals surface area contributed by atoms with E-state index in [0.29, 0.717) is 5.69 Å². The van der Waals surface area contributed by atoms with Crippen LogP contribution in [0.15, 0.2) is 22.5 Å². The van der Waals surface area contributed by atoms with E-state index in [4.69, 9.17) is 5.11 Å². The van der Waals surface area contributed by atoms with Gasteiger partial charge in [-0.25, -0.2) is 4.98 Å². The topological polar surface area (TPSA) is 79.3 Å². The van der Waals surface area contributed by atoms with Gasteiger partial charge in [-0.05, 0) is 24.6 Å². The van der Waals surface area contributed by atoms with Gasteiger partial charge in [-0.3, -0.25) is 9.59 Å². The monoisotopic (exact) mass is 352 g/mol. The van der Waals surface area contributed by atoms with Gasteiger partial charge in [0.2, 0.25) is 5.91 Å². The number of unbranched alkanes of at least 4 members (excludes halogenated alkanes) is 2. The van der Waals surface area contributed by atoms with E-state index in [1.807, 2.05) is 12.1 Å². The molecule has 0 spiro atoms. The summed E-state index contributed by atoms with van der Waals surface area (Å²) >= 11 is 3.39. The molecular weight excluding hydrogens is 332 g/mol. The van der Waals surface area contributed by atoms with Gasteiger partial charge in [-0.15, -0.1) is 11.3 Å². The predicted molar refractivity (Wildman–Crippen MR) is 95.4 cm³/mol. The van der Waals surface area contributed by atoms with E-state index in [0.717, 1.165) is 20.3 Å². The van der Waals surface area contributed by atoms with Gasteiger partial charge >= 0.3 is 5.97 Å². The summed E-state index contributed by atoms with van der Waals surface area (Å²) in [6.07, 6.45) is 3.47. The summed E-state index contributed by atoms with van der Waals surface area (Å²) in [5.74, 6) is -0.180. The lowest BCUT2D eigenvalue weighted by Gasteiger charge is -2.03. The standard InChI is InChI=1S/C16H20N2O3S2/c1-2-3-4-9-22-16-18-12-6-5-11(10-13(12)23-16)17-14(19)7-8-15(20)21/h5-6,10H,2-4,7-9H2,1H3,(H,17,19)(H,20,21). The summed E-state index contributed by atoms with van der Waals surface area (Å²) in [7, 11) is 0. The number of nitrogens with zero attached hydrogens (tertiary/aromatic N) is 1. The number of hydrogen-bond acceptors (Lipinski definition) is 5. The van der Waals surface area contributed by atoms with E-state index < -0.39 is 5.97 Å². The van der Waals surface area contributed by atoms with Crippen LogP contribution in [0.5, 0.6) is 0 Å². The number of hydrogen-bond donors (Lipinski definition) is 2. The van der Waals surface area contributed by atoms with Crippen molar-refractivity contribution in [1.29, 1.82) is 0 Å². The number of nitrogens with one attached hydrogen (secondary N) is 1. The first-order valence-corrected chi connectivity index (χ1v) is 9.43. The number of thiazole rings is 1. The summed E-state index contributed by atoms with van der Waals surface area (Å²) in [4.78, 5) is 26.7. The molecule has 7 heteroatoms. The fourth-order valence-corrected chi connectivity index (χ4v) is 4.18. The molecule has 0 saturated carbocycles. The Bertz CT molecular complexity index is 685. The molecular formula is C16H20N2O3S2. The van der Waals surface area contributed by atoms with Crippen LogP contribution in [0.1, 0.15) is 39.0 Å². The Hall–Kier alpha value is -1.60. The van der Waals surface area contributed by atoms with E-state index in [2.05, 4.69) is 17.2 Å². The summed E-state index contributed by atoms with van der Waals surface area (Å²) in [5.41, 5.74) is 1.61. The molecule has 0 atom stereocenters. The second-order valence-electron chi connectivity index (χ2n) is 5.16. The van der Waals surface area contributed by atoms with Gasteiger partial charge in [-0.1, -0.05) is 31.5 Å². The summed E-state index contributed by atoms with van der Waals surface area (Å²) in [5, 5.41) is 11.3. The maximum Gasteiger partial charge on any atom is 0.303 e. The Morgan fingerprint density at radius 2 is 2.13 bits per heavy atom. The lowest BCUT2D eigenvalue weighted by Crippen LogP contribution is -2.12. The number of rotatable bonds is 9. The Labute approximate surface area is 143 Å². The molecule has 2 N–H and O–H groups in total. The van der Waals surface area contributed by atoms with Crippen molar-refractivity contribution in [2.45, 2.75) is 43.4 Å². The van der Waals surface area contributed by atoms with Crippen molar-refractivity contribution in [3.8, 4) is 0 Å². The van der Waals surface area contributed by atoms with E-state index in [1.165, 1.54) is 19.3 Å². The number of anilines is 1. The molecule has 1 aromatic carbocycles. The first-order chi connectivity index (χ1) is 11.1. The largest absolute Gasteiger partial charge is 0.481 e. The number of fused-ring (bicyclic) bond motifs is 1. The first-order valence-electron chi connectivity index (χ1n) is 7.63. The fourth-order valence-electron chi connectivity index (χ4n) is 2.00. The maximum absolute atomic E-state index is 11.7. The number of carboxylic acids is 1. The lowest BCUT2D eigenvalue weighted by atomic mass is 10.2. The minimum absolute atomic E-state index is 0.0193. The van der Waals surface area contributed by atoms with Gasteiger partial charge in [0, 0.05) is 17.9 Å². The summed E-state index contributed by atoms with van der Waals surface area (Å²) < 4.78 is 2.07. The molecule has 0 radical (unpaired) electrons. The van der Waals surface area contributed by atoms with Crippen LogP contribution in [0.4, 0.5) is 5.69 Å². The third-order valence-corrected chi connectivity index (χ3v) is 5.44. The van der Waals surface area contributed by atoms with Crippen LogP contribution in [-0.2, 0) is 9.59 Å². The molecule has 1 heterocycles. The lowest BCUT2D eigenvalue weighted by molar-refractivity contribution is -0.138. The van der Waals surface area contributed by atoms with Crippen molar-refractivity contribution in [2.24, 2.45) is 0 Å². The Morgan fingerprint density at radius 1 is 1.30 bits per heavy atom. The summed E-state index contributed by atoms with van der Waals surface area (Å²) in [6, 6.07) is 5.57.